The van der Waals surface area contributed by atoms with E-state index in [1.165, 1.54) is 58.4 Å². The van der Waals surface area contributed by atoms with Crippen LogP contribution in [0, 0.1) is 0 Å². The summed E-state index contributed by atoms with van der Waals surface area (Å²) in [5.41, 5.74) is 5.73. The summed E-state index contributed by atoms with van der Waals surface area (Å²) >= 11 is 2.80. The molecule has 1 aromatic heterocycles. The Kier molecular flexibility index (Phi) is 4.75. The summed E-state index contributed by atoms with van der Waals surface area (Å²) in [7, 11) is 0. The molecule has 2 aliphatic rings. The molecule has 3 N–H and O–H groups in total. The van der Waals surface area contributed by atoms with Crippen molar-refractivity contribution in [2.24, 2.45) is 0 Å². The molecule has 2 aromatic rings. The SMILES string of the molecule is CC(C)(O)c1ccc(SNC(=O)Nc2c3c(cc4c2CCC4)CCC3)s1. The van der Waals surface area contributed by atoms with Gasteiger partial charge in [-0.2, -0.15) is 0 Å². The number of fused-ring (bicyclic) bond motifs is 2. The van der Waals surface area contributed by atoms with Crippen molar-refractivity contribution in [2.45, 2.75) is 62.2 Å². The van der Waals surface area contributed by atoms with Crippen LogP contribution < -0.4 is 10.0 Å². The van der Waals surface area contributed by atoms with Gasteiger partial charge in [0.1, 0.15) is 0 Å². The molecule has 0 bridgehead atoms. The maximum atomic E-state index is 12.5. The zero-order chi connectivity index (χ0) is 18.3. The summed E-state index contributed by atoms with van der Waals surface area (Å²) in [6.45, 7) is 3.54. The van der Waals surface area contributed by atoms with Gasteiger partial charge < -0.3 is 10.4 Å². The molecule has 0 spiro atoms. The lowest BCUT2D eigenvalue weighted by molar-refractivity contribution is 0.0825. The molecular weight excluding hydrogens is 364 g/mol. The number of thiophene rings is 1. The maximum Gasteiger partial charge on any atom is 0.329 e. The highest BCUT2D eigenvalue weighted by Gasteiger charge is 2.25. The molecule has 1 aromatic carbocycles. The first-order chi connectivity index (χ1) is 12.4. The quantitative estimate of drug-likeness (QED) is 0.661. The topological polar surface area (TPSA) is 61.4 Å². The lowest BCUT2D eigenvalue weighted by Gasteiger charge is -2.16. The zero-order valence-corrected chi connectivity index (χ0v) is 16.8. The highest BCUT2D eigenvalue weighted by Crippen LogP contribution is 2.39. The van der Waals surface area contributed by atoms with Crippen LogP contribution in [0.2, 0.25) is 0 Å². The minimum atomic E-state index is -0.850. The monoisotopic (exact) mass is 388 g/mol. The van der Waals surface area contributed by atoms with Crippen LogP contribution in [0.4, 0.5) is 10.5 Å². The van der Waals surface area contributed by atoms with Gasteiger partial charge >= 0.3 is 6.03 Å². The van der Waals surface area contributed by atoms with E-state index in [4.69, 9.17) is 0 Å². The molecule has 138 valence electrons. The zero-order valence-electron chi connectivity index (χ0n) is 15.1. The van der Waals surface area contributed by atoms with E-state index in [0.717, 1.165) is 40.5 Å². The molecule has 0 aliphatic heterocycles. The van der Waals surface area contributed by atoms with Crippen LogP contribution in [0.3, 0.4) is 0 Å². The number of carbonyl (C=O) groups is 1. The Bertz CT molecular complexity index is 820. The molecule has 1 heterocycles. The molecule has 4 nitrogen and oxygen atoms in total. The lowest BCUT2D eigenvalue weighted by atomic mass is 9.99. The number of aliphatic hydroxyl groups is 1. The second kappa shape index (κ2) is 6.91. The van der Waals surface area contributed by atoms with Gasteiger partial charge in [-0.15, -0.1) is 11.3 Å². The van der Waals surface area contributed by atoms with Gasteiger partial charge in [0.25, 0.3) is 0 Å². The van der Waals surface area contributed by atoms with Gasteiger partial charge in [-0.1, -0.05) is 6.07 Å². The molecule has 0 fully saturated rings. The van der Waals surface area contributed by atoms with Gasteiger partial charge in [-0.25, -0.2) is 4.79 Å². The second-order valence-corrected chi connectivity index (χ2v) is 9.76. The van der Waals surface area contributed by atoms with E-state index in [-0.39, 0.29) is 6.03 Å². The maximum absolute atomic E-state index is 12.5. The first kappa shape index (κ1) is 17.9. The number of nitrogens with one attached hydrogen (secondary N) is 2. The van der Waals surface area contributed by atoms with Crippen LogP contribution >= 0.6 is 23.3 Å². The predicted octanol–water partition coefficient (Wildman–Crippen LogP) is 4.78. The van der Waals surface area contributed by atoms with Crippen LogP contribution in [-0.4, -0.2) is 11.1 Å². The number of hydrogen-bond donors (Lipinski definition) is 3. The standard InChI is InChI=1S/C20H24N2O2S2/c1-20(2,24)16-9-10-17(25-16)26-22-19(23)21-18-14-7-3-5-12(14)11-13-6-4-8-15(13)18/h9-11,24H,3-8H2,1-2H3,(H2,21,22,23). The molecule has 0 atom stereocenters. The fourth-order valence-electron chi connectivity index (χ4n) is 3.91. The molecule has 26 heavy (non-hydrogen) atoms. The predicted molar refractivity (Wildman–Crippen MR) is 108 cm³/mol. The normalized spacial score (nSPS) is 15.7. The first-order valence-electron chi connectivity index (χ1n) is 9.15. The Morgan fingerprint density at radius 1 is 1.12 bits per heavy atom. The molecule has 2 amide bonds. The Morgan fingerprint density at radius 2 is 1.77 bits per heavy atom. The average Bonchev–Trinajstić information content (AvgIpc) is 3.31. The molecular formula is C20H24N2O2S2. The van der Waals surface area contributed by atoms with E-state index in [2.05, 4.69) is 16.1 Å². The first-order valence-corrected chi connectivity index (χ1v) is 10.8. The van der Waals surface area contributed by atoms with Crippen molar-refractivity contribution in [3.05, 3.63) is 45.3 Å². The van der Waals surface area contributed by atoms with E-state index in [1.807, 2.05) is 12.1 Å². The van der Waals surface area contributed by atoms with Crippen molar-refractivity contribution in [2.75, 3.05) is 5.32 Å². The minimum absolute atomic E-state index is 0.178. The van der Waals surface area contributed by atoms with Crippen LogP contribution in [0.1, 0.15) is 53.8 Å². The summed E-state index contributed by atoms with van der Waals surface area (Å²) in [6, 6.07) is 6.03. The molecule has 0 saturated carbocycles. The molecule has 0 saturated heterocycles. The van der Waals surface area contributed by atoms with Crippen LogP contribution in [0.25, 0.3) is 0 Å². The Balaban J connectivity index is 1.45. The summed E-state index contributed by atoms with van der Waals surface area (Å²) < 4.78 is 3.85. The number of aryl methyl sites for hydroxylation is 2. The van der Waals surface area contributed by atoms with E-state index < -0.39 is 5.60 Å². The van der Waals surface area contributed by atoms with Crippen molar-refractivity contribution in [1.29, 1.82) is 0 Å². The summed E-state index contributed by atoms with van der Waals surface area (Å²) in [6.07, 6.45) is 6.73. The van der Waals surface area contributed by atoms with Crippen LogP contribution in [0.15, 0.2) is 22.4 Å². The number of benzene rings is 1. The Morgan fingerprint density at radius 3 is 2.35 bits per heavy atom. The van der Waals surface area contributed by atoms with Crippen molar-refractivity contribution in [1.82, 2.24) is 4.72 Å². The van der Waals surface area contributed by atoms with E-state index in [9.17, 15) is 9.90 Å². The van der Waals surface area contributed by atoms with Crippen molar-refractivity contribution in [3.63, 3.8) is 0 Å². The molecule has 2 aliphatic carbocycles. The highest BCUT2D eigenvalue weighted by atomic mass is 32.2. The third-order valence-corrected chi connectivity index (χ3v) is 7.46. The highest BCUT2D eigenvalue weighted by molar-refractivity contribution is 7.99. The van der Waals surface area contributed by atoms with E-state index in [1.54, 1.807) is 13.8 Å². The Hall–Kier alpha value is -1.50. The van der Waals surface area contributed by atoms with Crippen LogP contribution in [-0.2, 0) is 31.3 Å². The third kappa shape index (κ3) is 3.50. The van der Waals surface area contributed by atoms with E-state index >= 15 is 0 Å². The van der Waals surface area contributed by atoms with Gasteiger partial charge in [0.15, 0.2) is 0 Å². The second-order valence-electron chi connectivity index (χ2n) is 7.57. The third-order valence-electron chi connectivity index (χ3n) is 5.14. The summed E-state index contributed by atoms with van der Waals surface area (Å²) in [5.74, 6) is 0. The summed E-state index contributed by atoms with van der Waals surface area (Å²) in [5, 5.41) is 13.2. The smallest absolute Gasteiger partial charge is 0.329 e. The number of anilines is 1. The average molecular weight is 389 g/mol. The van der Waals surface area contributed by atoms with Crippen molar-refractivity contribution < 1.29 is 9.90 Å². The number of hydrogen-bond acceptors (Lipinski definition) is 4. The molecule has 6 heteroatoms. The number of rotatable bonds is 4. The molecule has 0 radical (unpaired) electrons. The largest absolute Gasteiger partial charge is 0.385 e. The van der Waals surface area contributed by atoms with Crippen molar-refractivity contribution in [3.8, 4) is 0 Å². The van der Waals surface area contributed by atoms with Crippen molar-refractivity contribution >= 4 is 35.0 Å². The van der Waals surface area contributed by atoms with E-state index in [0.29, 0.717) is 0 Å². The number of amides is 2. The Labute approximate surface area is 162 Å². The number of urea groups is 1. The number of carbonyl (C=O) groups excluding carboxylic acids is 1. The minimum Gasteiger partial charge on any atom is -0.385 e. The van der Waals surface area contributed by atoms with Gasteiger partial charge in [0, 0.05) is 10.6 Å². The van der Waals surface area contributed by atoms with Gasteiger partial charge in [0.05, 0.1) is 9.81 Å². The molecule has 0 unspecified atom stereocenters. The van der Waals surface area contributed by atoms with Gasteiger partial charge in [-0.05, 0) is 98.7 Å². The molecule has 4 rings (SSSR count). The van der Waals surface area contributed by atoms with Gasteiger partial charge in [0.2, 0.25) is 0 Å². The fraction of sp³-hybridized carbons (Fsp3) is 0.450. The fourth-order valence-corrected chi connectivity index (χ4v) is 5.59. The van der Waals surface area contributed by atoms with Gasteiger partial charge in [-0.3, -0.25) is 4.72 Å². The summed E-state index contributed by atoms with van der Waals surface area (Å²) in [4.78, 5) is 13.4. The van der Waals surface area contributed by atoms with Crippen LogP contribution in [0.5, 0.6) is 0 Å². The lowest BCUT2D eigenvalue weighted by Crippen LogP contribution is -2.24.